The average Bonchev–Trinajstić information content (AvgIpc) is 3.28. The molecule has 0 radical (unpaired) electrons. The molecule has 372 valence electrons. The van der Waals surface area contributed by atoms with E-state index in [1.54, 1.807) is 0 Å². The fourth-order valence-electron chi connectivity index (χ4n) is 8.50. The summed E-state index contributed by atoms with van der Waals surface area (Å²) in [5, 5.41) is 0. The highest BCUT2D eigenvalue weighted by molar-refractivity contribution is 5.71. The molecule has 63 heavy (non-hydrogen) atoms. The Kier molecular flexibility index (Phi) is 51.2. The maximum atomic E-state index is 12.7. The molecule has 0 N–H and O–H groups in total. The Labute approximate surface area is 392 Å². The Bertz CT molecular complexity index is 978. The van der Waals surface area contributed by atoms with Crippen LogP contribution >= 0.6 is 0 Å². The van der Waals surface area contributed by atoms with Gasteiger partial charge in [0.05, 0.1) is 0 Å². The molecule has 0 aromatic heterocycles. The number of carbonyl (C=O) groups is 3. The van der Waals surface area contributed by atoms with E-state index >= 15 is 0 Å². The van der Waals surface area contributed by atoms with E-state index < -0.39 is 6.10 Å². The summed E-state index contributed by atoms with van der Waals surface area (Å²) in [6.07, 6.45) is 59.4. The second kappa shape index (κ2) is 52.8. The first kappa shape index (κ1) is 61.1. The Morgan fingerprint density at radius 1 is 0.302 bits per heavy atom. The summed E-state index contributed by atoms with van der Waals surface area (Å²) in [5.41, 5.74) is 0. The third kappa shape index (κ3) is 51.0. The fraction of sp³-hybridized carbons (Fsp3) is 0.912. The van der Waals surface area contributed by atoms with E-state index in [2.05, 4.69) is 32.9 Å². The van der Waals surface area contributed by atoms with Crippen LogP contribution in [0.25, 0.3) is 0 Å². The SMILES string of the molecule is CCCCCCCCCC/C=C\CCCCCCCCCCCCCCCC(=O)OCC(COC(=O)CCCCCCCCCCC)OC(=O)CCCCCCCCCCCCC. The Balaban J connectivity index is 4.09. The lowest BCUT2D eigenvalue weighted by Crippen LogP contribution is -2.30. The summed E-state index contributed by atoms with van der Waals surface area (Å²) in [7, 11) is 0. The van der Waals surface area contributed by atoms with Crippen LogP contribution in [-0.2, 0) is 28.6 Å². The van der Waals surface area contributed by atoms with E-state index in [0.717, 1.165) is 57.8 Å². The van der Waals surface area contributed by atoms with E-state index in [0.29, 0.717) is 19.3 Å². The zero-order valence-electron chi connectivity index (χ0n) is 42.6. The van der Waals surface area contributed by atoms with Gasteiger partial charge < -0.3 is 14.2 Å². The molecule has 0 aromatic carbocycles. The van der Waals surface area contributed by atoms with Gasteiger partial charge in [0.2, 0.25) is 0 Å². The second-order valence-corrected chi connectivity index (χ2v) is 19.2. The second-order valence-electron chi connectivity index (χ2n) is 19.2. The Morgan fingerprint density at radius 3 is 0.794 bits per heavy atom. The standard InChI is InChI=1S/C57H108O6/c1-4-7-10-13-16-19-21-22-23-24-25-26-27-28-29-30-31-32-33-34-36-38-41-44-47-50-56(59)62-53-54(52-61-55(58)49-46-43-40-37-18-15-12-9-6-3)63-57(60)51-48-45-42-39-35-20-17-14-11-8-5-2/h24-25,54H,4-23,26-53H2,1-3H3/b25-24-. The number of rotatable bonds is 52. The van der Waals surface area contributed by atoms with E-state index in [1.165, 1.54) is 218 Å². The lowest BCUT2D eigenvalue weighted by Gasteiger charge is -2.18. The molecule has 0 fully saturated rings. The van der Waals surface area contributed by atoms with Crippen molar-refractivity contribution in [1.82, 2.24) is 0 Å². The molecule has 6 heteroatoms. The summed E-state index contributed by atoms with van der Waals surface area (Å²) in [6.45, 7) is 6.65. The molecule has 6 nitrogen and oxygen atoms in total. The number of ether oxygens (including phenoxy) is 3. The molecule has 0 aliphatic heterocycles. The summed E-state index contributed by atoms with van der Waals surface area (Å²) < 4.78 is 16.8. The van der Waals surface area contributed by atoms with Gasteiger partial charge in [-0.1, -0.05) is 264 Å². The largest absolute Gasteiger partial charge is 0.462 e. The van der Waals surface area contributed by atoms with E-state index in [4.69, 9.17) is 14.2 Å². The van der Waals surface area contributed by atoms with Crippen molar-refractivity contribution in [2.75, 3.05) is 13.2 Å². The van der Waals surface area contributed by atoms with Gasteiger partial charge in [-0.2, -0.15) is 0 Å². The predicted octanol–water partition coefficient (Wildman–Crippen LogP) is 18.5. The zero-order chi connectivity index (χ0) is 45.8. The molecule has 1 unspecified atom stereocenters. The van der Waals surface area contributed by atoms with Gasteiger partial charge in [0.15, 0.2) is 6.10 Å². The molecule has 0 saturated heterocycles. The summed E-state index contributed by atoms with van der Waals surface area (Å²) in [6, 6.07) is 0. The number of hydrogen-bond acceptors (Lipinski definition) is 6. The van der Waals surface area contributed by atoms with E-state index in [1.807, 2.05) is 0 Å². The Morgan fingerprint density at radius 2 is 0.524 bits per heavy atom. The first-order chi connectivity index (χ1) is 31.0. The number of hydrogen-bond donors (Lipinski definition) is 0. The highest BCUT2D eigenvalue weighted by Gasteiger charge is 2.19. The monoisotopic (exact) mass is 889 g/mol. The van der Waals surface area contributed by atoms with Crippen LogP contribution in [0.1, 0.15) is 316 Å². The number of allylic oxidation sites excluding steroid dienone is 2. The third-order valence-corrected chi connectivity index (χ3v) is 12.8. The first-order valence-electron chi connectivity index (χ1n) is 28.2. The van der Waals surface area contributed by atoms with E-state index in [-0.39, 0.29) is 31.1 Å². The smallest absolute Gasteiger partial charge is 0.306 e. The van der Waals surface area contributed by atoms with Crippen LogP contribution in [0.5, 0.6) is 0 Å². The summed E-state index contributed by atoms with van der Waals surface area (Å²) in [4.78, 5) is 37.9. The van der Waals surface area contributed by atoms with Gasteiger partial charge in [0.1, 0.15) is 13.2 Å². The molecule has 0 aromatic rings. The molecule has 0 heterocycles. The van der Waals surface area contributed by atoms with E-state index in [9.17, 15) is 14.4 Å². The van der Waals surface area contributed by atoms with Gasteiger partial charge in [-0.3, -0.25) is 14.4 Å². The van der Waals surface area contributed by atoms with Crippen molar-refractivity contribution in [3.63, 3.8) is 0 Å². The normalized spacial score (nSPS) is 12.0. The summed E-state index contributed by atoms with van der Waals surface area (Å²) in [5.74, 6) is -0.850. The van der Waals surface area contributed by atoms with Crippen LogP contribution in [0.15, 0.2) is 12.2 Å². The Hall–Kier alpha value is -1.85. The molecule has 0 saturated carbocycles. The predicted molar refractivity (Wildman–Crippen MR) is 270 cm³/mol. The average molecular weight is 889 g/mol. The van der Waals surface area contributed by atoms with Gasteiger partial charge in [-0.25, -0.2) is 0 Å². The lowest BCUT2D eigenvalue weighted by atomic mass is 10.0. The van der Waals surface area contributed by atoms with Crippen molar-refractivity contribution >= 4 is 17.9 Å². The molecular formula is C57H108O6. The van der Waals surface area contributed by atoms with Crippen molar-refractivity contribution in [2.45, 2.75) is 322 Å². The van der Waals surface area contributed by atoms with Crippen LogP contribution in [-0.4, -0.2) is 37.2 Å². The van der Waals surface area contributed by atoms with Crippen molar-refractivity contribution in [2.24, 2.45) is 0 Å². The molecule has 0 aliphatic rings. The van der Waals surface area contributed by atoms with Crippen LogP contribution in [0, 0.1) is 0 Å². The molecular weight excluding hydrogens is 781 g/mol. The van der Waals surface area contributed by atoms with Gasteiger partial charge in [0.25, 0.3) is 0 Å². The van der Waals surface area contributed by atoms with Crippen LogP contribution in [0.2, 0.25) is 0 Å². The molecule has 0 bridgehead atoms. The van der Waals surface area contributed by atoms with Gasteiger partial charge in [0, 0.05) is 19.3 Å². The highest BCUT2D eigenvalue weighted by atomic mass is 16.6. The third-order valence-electron chi connectivity index (χ3n) is 12.8. The number of esters is 3. The lowest BCUT2D eigenvalue weighted by molar-refractivity contribution is -0.167. The number of unbranched alkanes of at least 4 members (excludes halogenated alkanes) is 39. The molecule has 0 amide bonds. The zero-order valence-corrected chi connectivity index (χ0v) is 42.6. The minimum absolute atomic E-state index is 0.0646. The number of carbonyl (C=O) groups excluding carboxylic acids is 3. The van der Waals surface area contributed by atoms with Crippen LogP contribution in [0.3, 0.4) is 0 Å². The minimum atomic E-state index is -0.761. The van der Waals surface area contributed by atoms with Crippen LogP contribution < -0.4 is 0 Å². The quantitative estimate of drug-likeness (QED) is 0.0262. The van der Waals surface area contributed by atoms with Crippen molar-refractivity contribution in [3.05, 3.63) is 12.2 Å². The van der Waals surface area contributed by atoms with Gasteiger partial charge >= 0.3 is 17.9 Å². The fourth-order valence-corrected chi connectivity index (χ4v) is 8.50. The minimum Gasteiger partial charge on any atom is -0.462 e. The molecule has 1 atom stereocenters. The van der Waals surface area contributed by atoms with Gasteiger partial charge in [-0.15, -0.1) is 0 Å². The molecule has 0 rings (SSSR count). The highest BCUT2D eigenvalue weighted by Crippen LogP contribution is 2.17. The van der Waals surface area contributed by atoms with Crippen LogP contribution in [0.4, 0.5) is 0 Å². The first-order valence-corrected chi connectivity index (χ1v) is 28.2. The summed E-state index contributed by atoms with van der Waals surface area (Å²) >= 11 is 0. The molecule has 0 spiro atoms. The van der Waals surface area contributed by atoms with Gasteiger partial charge in [-0.05, 0) is 44.9 Å². The maximum absolute atomic E-state index is 12.7. The topological polar surface area (TPSA) is 78.9 Å². The molecule has 0 aliphatic carbocycles. The van der Waals surface area contributed by atoms with Crippen molar-refractivity contribution in [1.29, 1.82) is 0 Å². The van der Waals surface area contributed by atoms with Crippen molar-refractivity contribution < 1.29 is 28.6 Å². The van der Waals surface area contributed by atoms with Crippen molar-refractivity contribution in [3.8, 4) is 0 Å². The maximum Gasteiger partial charge on any atom is 0.306 e.